The second kappa shape index (κ2) is 7.17. The smallest absolute Gasteiger partial charge is 0.0766 e. The van der Waals surface area contributed by atoms with Gasteiger partial charge >= 0.3 is 0 Å². The molecule has 1 unspecified atom stereocenters. The summed E-state index contributed by atoms with van der Waals surface area (Å²) in [6.07, 6.45) is 1.73. The molecule has 0 aliphatic rings. The largest absolute Gasteiger partial charge is 0.271 e. The highest BCUT2D eigenvalue weighted by Crippen LogP contribution is 2.31. The third kappa shape index (κ3) is 3.33. The Labute approximate surface area is 140 Å². The van der Waals surface area contributed by atoms with Crippen molar-refractivity contribution < 1.29 is 0 Å². The summed E-state index contributed by atoms with van der Waals surface area (Å²) in [7, 11) is 0. The summed E-state index contributed by atoms with van der Waals surface area (Å²) >= 11 is 8.88. The van der Waals surface area contributed by atoms with Gasteiger partial charge in [0.05, 0.1) is 25.7 Å². The van der Waals surface area contributed by atoms with Crippen molar-refractivity contribution in [1.82, 2.24) is 15.2 Å². The number of nitrogens with one attached hydrogen (secondary N) is 1. The van der Waals surface area contributed by atoms with Crippen LogP contribution in [0.15, 0.2) is 20.4 Å². The maximum atomic E-state index is 5.74. The molecule has 110 valence electrons. The Morgan fingerprint density at radius 3 is 2.65 bits per heavy atom. The second-order valence-corrected chi connectivity index (χ2v) is 7.73. The monoisotopic (exact) mass is 420 g/mol. The molecule has 0 bridgehead atoms. The van der Waals surface area contributed by atoms with Gasteiger partial charge < -0.3 is 0 Å². The van der Waals surface area contributed by atoms with E-state index in [9.17, 15) is 0 Å². The molecule has 7 heteroatoms. The number of hydrogen-bond donors (Lipinski definition) is 2. The van der Waals surface area contributed by atoms with Crippen molar-refractivity contribution in [3.63, 3.8) is 0 Å². The van der Waals surface area contributed by atoms with Gasteiger partial charge in [0, 0.05) is 17.8 Å². The van der Waals surface area contributed by atoms with E-state index in [0.717, 1.165) is 33.3 Å². The quantitative estimate of drug-likeness (QED) is 0.550. The van der Waals surface area contributed by atoms with Gasteiger partial charge in [-0.25, -0.2) is 0 Å². The van der Waals surface area contributed by atoms with E-state index in [2.05, 4.69) is 67.0 Å². The van der Waals surface area contributed by atoms with Crippen LogP contribution in [-0.2, 0) is 19.4 Å². The maximum absolute atomic E-state index is 5.74. The van der Waals surface area contributed by atoms with Gasteiger partial charge in [0.1, 0.15) is 0 Å². The molecule has 2 aromatic rings. The minimum atomic E-state index is 0.0920. The highest BCUT2D eigenvalue weighted by atomic mass is 79.9. The molecule has 0 radical (unpaired) electrons. The lowest BCUT2D eigenvalue weighted by Gasteiger charge is -2.15. The van der Waals surface area contributed by atoms with Crippen LogP contribution in [0.5, 0.6) is 0 Å². The number of nitrogens with two attached hydrogens (primary N) is 1. The Balaban J connectivity index is 2.29. The van der Waals surface area contributed by atoms with Gasteiger partial charge in [0.2, 0.25) is 0 Å². The molecule has 2 heterocycles. The van der Waals surface area contributed by atoms with E-state index in [1.165, 1.54) is 10.6 Å². The summed E-state index contributed by atoms with van der Waals surface area (Å²) in [5, 5.41) is 4.63. The Hall–Kier alpha value is -0.210. The van der Waals surface area contributed by atoms with Crippen LogP contribution < -0.4 is 11.3 Å². The second-order valence-electron chi connectivity index (χ2n) is 4.44. The Bertz CT molecular complexity index is 579. The van der Waals surface area contributed by atoms with E-state index in [1.807, 2.05) is 6.07 Å². The molecular formula is C13H18Br2N4S. The van der Waals surface area contributed by atoms with Crippen LogP contribution in [0, 0.1) is 0 Å². The summed E-state index contributed by atoms with van der Waals surface area (Å²) in [5.74, 6) is 5.74. The van der Waals surface area contributed by atoms with Crippen LogP contribution in [0.1, 0.15) is 36.2 Å². The predicted molar refractivity (Wildman–Crippen MR) is 90.8 cm³/mol. The molecule has 0 spiro atoms. The van der Waals surface area contributed by atoms with Crippen LogP contribution in [0.2, 0.25) is 0 Å². The molecular weight excluding hydrogens is 404 g/mol. The fraction of sp³-hybridized carbons (Fsp3) is 0.462. The third-order valence-corrected chi connectivity index (χ3v) is 5.88. The first-order valence-corrected chi connectivity index (χ1v) is 8.96. The van der Waals surface area contributed by atoms with Crippen LogP contribution in [0.25, 0.3) is 0 Å². The number of hydrazine groups is 1. The van der Waals surface area contributed by atoms with Gasteiger partial charge in [0.25, 0.3) is 0 Å². The van der Waals surface area contributed by atoms with Crippen molar-refractivity contribution in [1.29, 1.82) is 0 Å². The molecule has 4 nitrogen and oxygen atoms in total. The van der Waals surface area contributed by atoms with Gasteiger partial charge in [-0.1, -0.05) is 6.92 Å². The predicted octanol–water partition coefficient (Wildman–Crippen LogP) is 3.80. The van der Waals surface area contributed by atoms with Gasteiger partial charge in [0.15, 0.2) is 0 Å². The molecule has 1 atom stereocenters. The molecule has 0 amide bonds. The Morgan fingerprint density at radius 2 is 2.15 bits per heavy atom. The van der Waals surface area contributed by atoms with E-state index in [-0.39, 0.29) is 6.04 Å². The van der Waals surface area contributed by atoms with Crippen LogP contribution in [0.4, 0.5) is 0 Å². The highest BCUT2D eigenvalue weighted by molar-refractivity contribution is 9.11. The van der Waals surface area contributed by atoms with Crippen LogP contribution in [-0.4, -0.2) is 9.78 Å². The van der Waals surface area contributed by atoms with Gasteiger partial charge in [-0.15, -0.1) is 11.3 Å². The van der Waals surface area contributed by atoms with E-state index < -0.39 is 0 Å². The molecule has 0 aliphatic carbocycles. The zero-order valence-electron chi connectivity index (χ0n) is 11.5. The van der Waals surface area contributed by atoms with E-state index in [1.54, 1.807) is 11.3 Å². The van der Waals surface area contributed by atoms with Crippen molar-refractivity contribution in [2.24, 2.45) is 5.84 Å². The topological polar surface area (TPSA) is 55.9 Å². The minimum Gasteiger partial charge on any atom is -0.271 e. The van der Waals surface area contributed by atoms with Gasteiger partial charge in [-0.2, -0.15) is 5.10 Å². The highest BCUT2D eigenvalue weighted by Gasteiger charge is 2.20. The number of halogens is 2. The fourth-order valence-electron chi connectivity index (χ4n) is 2.16. The lowest BCUT2D eigenvalue weighted by atomic mass is 10.1. The van der Waals surface area contributed by atoms with Gasteiger partial charge in [-0.3, -0.25) is 16.0 Å². The SMILES string of the molecule is CCc1nn(CC)c(CC(NN)c2ccc(Br)s2)c1Br. The zero-order chi connectivity index (χ0) is 14.7. The van der Waals surface area contributed by atoms with Crippen molar-refractivity contribution in [2.75, 3.05) is 0 Å². The number of nitrogens with zero attached hydrogens (tertiary/aromatic N) is 2. The van der Waals surface area contributed by atoms with E-state index >= 15 is 0 Å². The molecule has 2 aromatic heterocycles. The summed E-state index contributed by atoms with van der Waals surface area (Å²) in [6.45, 7) is 5.08. The molecule has 0 saturated carbocycles. The standard InChI is InChI=1S/C13H18Br2N4S/c1-3-8-13(15)10(19(4-2)18-8)7-9(17-16)11-5-6-12(14)20-11/h5-6,9,17H,3-4,7,16H2,1-2H3. The lowest BCUT2D eigenvalue weighted by molar-refractivity contribution is 0.521. The lowest BCUT2D eigenvalue weighted by Crippen LogP contribution is -2.29. The summed E-state index contributed by atoms with van der Waals surface area (Å²) in [6, 6.07) is 4.24. The number of thiophene rings is 1. The van der Waals surface area contributed by atoms with Crippen molar-refractivity contribution in [3.8, 4) is 0 Å². The first-order valence-electron chi connectivity index (χ1n) is 6.56. The number of aryl methyl sites for hydroxylation is 2. The number of rotatable bonds is 6. The molecule has 20 heavy (non-hydrogen) atoms. The van der Waals surface area contributed by atoms with E-state index in [0.29, 0.717) is 0 Å². The third-order valence-electron chi connectivity index (χ3n) is 3.23. The zero-order valence-corrected chi connectivity index (χ0v) is 15.5. The molecule has 3 N–H and O–H groups in total. The number of aromatic nitrogens is 2. The Kier molecular flexibility index (Phi) is 5.80. The van der Waals surface area contributed by atoms with E-state index in [4.69, 9.17) is 5.84 Å². The average molecular weight is 422 g/mol. The minimum absolute atomic E-state index is 0.0920. The molecule has 2 rings (SSSR count). The van der Waals surface area contributed by atoms with Crippen molar-refractivity contribution in [3.05, 3.63) is 36.7 Å². The van der Waals surface area contributed by atoms with Gasteiger partial charge in [-0.05, 0) is 57.3 Å². The number of hydrogen-bond acceptors (Lipinski definition) is 4. The van der Waals surface area contributed by atoms with Crippen LogP contribution in [0.3, 0.4) is 0 Å². The fourth-order valence-corrected chi connectivity index (χ4v) is 4.37. The average Bonchev–Trinajstić information content (AvgIpc) is 3.00. The van der Waals surface area contributed by atoms with Crippen LogP contribution >= 0.6 is 43.2 Å². The molecule has 0 aliphatic heterocycles. The normalized spacial score (nSPS) is 12.8. The summed E-state index contributed by atoms with van der Waals surface area (Å²) < 4.78 is 4.28. The first kappa shape index (κ1) is 16.2. The first-order chi connectivity index (χ1) is 9.60. The molecule has 0 fully saturated rings. The summed E-state index contributed by atoms with van der Waals surface area (Å²) in [4.78, 5) is 1.22. The van der Waals surface area contributed by atoms with Crippen molar-refractivity contribution in [2.45, 2.75) is 39.3 Å². The Morgan fingerprint density at radius 1 is 1.40 bits per heavy atom. The van der Waals surface area contributed by atoms with Crippen molar-refractivity contribution >= 4 is 43.2 Å². The maximum Gasteiger partial charge on any atom is 0.0766 e. The molecule has 0 aromatic carbocycles. The molecule has 0 saturated heterocycles. The summed E-state index contributed by atoms with van der Waals surface area (Å²) in [5.41, 5.74) is 5.21.